The first kappa shape index (κ1) is 19.2. The Bertz CT molecular complexity index is 921. The highest BCUT2D eigenvalue weighted by Crippen LogP contribution is 2.67. The molecule has 0 aromatic heterocycles. The molecule has 0 saturated heterocycles. The number of rotatable bonds is 6. The van der Waals surface area contributed by atoms with E-state index in [0.29, 0.717) is 11.1 Å². The first-order chi connectivity index (χ1) is 13.4. The predicted molar refractivity (Wildman–Crippen MR) is 96.6 cm³/mol. The standard InChI is InChI=1S/C20H17NO7/c1-27-18(23)20(19(24)28-2)15(12-8-10-14(11-9-12)21(25)26)16(20)17(22)13-6-4-3-5-7-13/h3-11,15-16H,1-2H3/t15-,16+/m0/s1. The van der Waals surface area contributed by atoms with Crippen LogP contribution in [0, 0.1) is 21.4 Å². The minimum absolute atomic E-state index is 0.142. The van der Waals surface area contributed by atoms with Gasteiger partial charge in [-0.15, -0.1) is 0 Å². The topological polar surface area (TPSA) is 113 Å². The summed E-state index contributed by atoms with van der Waals surface area (Å²) in [5.74, 6) is -4.04. The molecule has 0 bridgehead atoms. The van der Waals surface area contributed by atoms with E-state index in [1.165, 1.54) is 24.3 Å². The van der Waals surface area contributed by atoms with Crippen molar-refractivity contribution < 1.29 is 28.8 Å². The molecule has 1 saturated carbocycles. The molecule has 3 rings (SSSR count). The van der Waals surface area contributed by atoms with Gasteiger partial charge in [0.15, 0.2) is 11.2 Å². The fourth-order valence-electron chi connectivity index (χ4n) is 3.72. The van der Waals surface area contributed by atoms with Crippen molar-refractivity contribution in [1.82, 2.24) is 0 Å². The molecular weight excluding hydrogens is 366 g/mol. The zero-order valence-electron chi connectivity index (χ0n) is 15.2. The minimum atomic E-state index is -1.83. The Morgan fingerprint density at radius 2 is 1.46 bits per heavy atom. The van der Waals surface area contributed by atoms with E-state index < -0.39 is 39.9 Å². The summed E-state index contributed by atoms with van der Waals surface area (Å²) in [6.07, 6.45) is 0. The number of nitrogens with zero attached hydrogens (tertiary/aromatic N) is 1. The number of esters is 2. The molecule has 1 aliphatic rings. The van der Waals surface area contributed by atoms with Gasteiger partial charge in [0, 0.05) is 23.6 Å². The largest absolute Gasteiger partial charge is 0.468 e. The van der Waals surface area contributed by atoms with Gasteiger partial charge in [0.1, 0.15) is 0 Å². The molecule has 0 radical (unpaired) electrons. The summed E-state index contributed by atoms with van der Waals surface area (Å²) in [6, 6.07) is 13.7. The normalized spacial score (nSPS) is 19.4. The van der Waals surface area contributed by atoms with Crippen molar-refractivity contribution in [2.24, 2.45) is 11.3 Å². The highest BCUT2D eigenvalue weighted by molar-refractivity contribution is 6.16. The zero-order valence-corrected chi connectivity index (χ0v) is 15.2. The summed E-state index contributed by atoms with van der Waals surface area (Å²) in [7, 11) is 2.25. The van der Waals surface area contributed by atoms with Crippen molar-refractivity contribution in [3.63, 3.8) is 0 Å². The van der Waals surface area contributed by atoms with Crippen molar-refractivity contribution >= 4 is 23.4 Å². The number of nitro benzene ring substituents is 1. The first-order valence-corrected chi connectivity index (χ1v) is 8.40. The lowest BCUT2D eigenvalue weighted by Gasteiger charge is -2.13. The van der Waals surface area contributed by atoms with E-state index in [1.807, 2.05) is 0 Å². The fourth-order valence-corrected chi connectivity index (χ4v) is 3.72. The Hall–Kier alpha value is -3.55. The molecule has 0 N–H and O–H groups in total. The predicted octanol–water partition coefficient (Wildman–Crippen LogP) is 2.52. The van der Waals surface area contributed by atoms with Gasteiger partial charge >= 0.3 is 11.9 Å². The summed E-state index contributed by atoms with van der Waals surface area (Å²) in [6.45, 7) is 0. The number of Topliss-reactive ketones (excluding diaryl/α,β-unsaturated/α-hetero) is 1. The zero-order chi connectivity index (χ0) is 20.5. The van der Waals surface area contributed by atoms with Crippen LogP contribution in [0.4, 0.5) is 5.69 Å². The van der Waals surface area contributed by atoms with Crippen LogP contribution in [0.25, 0.3) is 0 Å². The molecule has 8 nitrogen and oxygen atoms in total. The van der Waals surface area contributed by atoms with Crippen LogP contribution in [0.15, 0.2) is 54.6 Å². The first-order valence-electron chi connectivity index (χ1n) is 8.40. The van der Waals surface area contributed by atoms with Crippen molar-refractivity contribution in [2.45, 2.75) is 5.92 Å². The lowest BCUT2D eigenvalue weighted by atomic mass is 9.97. The molecule has 0 unspecified atom stereocenters. The van der Waals surface area contributed by atoms with Crippen LogP contribution in [0.1, 0.15) is 21.8 Å². The maximum atomic E-state index is 13.1. The Morgan fingerprint density at radius 3 is 1.93 bits per heavy atom. The summed E-state index contributed by atoms with van der Waals surface area (Å²) in [5, 5.41) is 10.9. The molecule has 2 atom stereocenters. The summed E-state index contributed by atoms with van der Waals surface area (Å²) in [5.41, 5.74) is -1.19. The molecule has 1 aliphatic carbocycles. The monoisotopic (exact) mass is 383 g/mol. The molecule has 0 amide bonds. The van der Waals surface area contributed by atoms with Crippen molar-refractivity contribution in [1.29, 1.82) is 0 Å². The third-order valence-corrected chi connectivity index (χ3v) is 5.06. The van der Waals surface area contributed by atoms with E-state index in [4.69, 9.17) is 9.47 Å². The highest BCUT2D eigenvalue weighted by Gasteiger charge is 2.79. The lowest BCUT2D eigenvalue weighted by molar-refractivity contribution is -0.384. The molecular formula is C20H17NO7. The van der Waals surface area contributed by atoms with Crippen molar-refractivity contribution in [2.75, 3.05) is 14.2 Å². The number of methoxy groups -OCH3 is 2. The third-order valence-electron chi connectivity index (χ3n) is 5.06. The van der Waals surface area contributed by atoms with Gasteiger partial charge in [-0.05, 0) is 5.56 Å². The third kappa shape index (κ3) is 2.83. The van der Waals surface area contributed by atoms with Crippen LogP contribution in [-0.4, -0.2) is 36.9 Å². The molecule has 144 valence electrons. The maximum absolute atomic E-state index is 13.1. The van der Waals surface area contributed by atoms with E-state index in [1.54, 1.807) is 30.3 Å². The van der Waals surface area contributed by atoms with Crippen LogP contribution in [0.5, 0.6) is 0 Å². The van der Waals surface area contributed by atoms with Gasteiger partial charge in [0.05, 0.1) is 25.1 Å². The van der Waals surface area contributed by atoms with Crippen molar-refractivity contribution in [3.8, 4) is 0 Å². The van der Waals surface area contributed by atoms with E-state index in [9.17, 15) is 24.5 Å². The Morgan fingerprint density at radius 1 is 0.929 bits per heavy atom. The number of carbonyl (C=O) groups is 3. The number of nitro groups is 1. The minimum Gasteiger partial charge on any atom is -0.468 e. The molecule has 0 aliphatic heterocycles. The van der Waals surface area contributed by atoms with Crippen LogP contribution < -0.4 is 0 Å². The summed E-state index contributed by atoms with van der Waals surface area (Å²) < 4.78 is 9.66. The SMILES string of the molecule is COC(=O)C1(C(=O)OC)[C@@H](C(=O)c2ccccc2)[C@@H]1c1ccc([N+](=O)[O-])cc1. The number of benzene rings is 2. The average molecular weight is 383 g/mol. The van der Waals surface area contributed by atoms with Crippen molar-refractivity contribution in [3.05, 3.63) is 75.8 Å². The summed E-state index contributed by atoms with van der Waals surface area (Å²) in [4.78, 5) is 48.7. The van der Waals surface area contributed by atoms with Crippen LogP contribution in [0.3, 0.4) is 0 Å². The molecule has 2 aromatic rings. The van der Waals surface area contributed by atoms with Gasteiger partial charge in [-0.1, -0.05) is 42.5 Å². The van der Waals surface area contributed by atoms with Crippen LogP contribution >= 0.6 is 0 Å². The highest BCUT2D eigenvalue weighted by atomic mass is 16.6. The number of hydrogen-bond donors (Lipinski definition) is 0. The molecule has 0 spiro atoms. The number of hydrogen-bond acceptors (Lipinski definition) is 7. The average Bonchev–Trinajstić information content (AvgIpc) is 3.43. The molecule has 8 heteroatoms. The molecule has 0 heterocycles. The van der Waals surface area contributed by atoms with E-state index in [2.05, 4.69) is 0 Å². The Kier molecular flexibility index (Phi) is 4.96. The number of ketones is 1. The Labute approximate surface area is 160 Å². The number of non-ortho nitro benzene ring substituents is 1. The second kappa shape index (κ2) is 7.22. The van der Waals surface area contributed by atoms with E-state index in [0.717, 1.165) is 14.2 Å². The van der Waals surface area contributed by atoms with Crippen LogP contribution in [0.2, 0.25) is 0 Å². The number of ether oxygens (including phenoxy) is 2. The molecule has 28 heavy (non-hydrogen) atoms. The quantitative estimate of drug-likeness (QED) is 0.248. The smallest absolute Gasteiger partial charge is 0.324 e. The van der Waals surface area contributed by atoms with Gasteiger partial charge in [0.2, 0.25) is 0 Å². The van der Waals surface area contributed by atoms with E-state index >= 15 is 0 Å². The second-order valence-electron chi connectivity index (χ2n) is 6.39. The lowest BCUT2D eigenvalue weighted by Crippen LogP contribution is -2.33. The van der Waals surface area contributed by atoms with Gasteiger partial charge in [0.25, 0.3) is 5.69 Å². The molecule has 1 fully saturated rings. The Balaban J connectivity index is 2.10. The van der Waals surface area contributed by atoms with Gasteiger partial charge in [-0.25, -0.2) is 0 Å². The van der Waals surface area contributed by atoms with Gasteiger partial charge in [-0.2, -0.15) is 0 Å². The maximum Gasteiger partial charge on any atom is 0.324 e. The fraction of sp³-hybridized carbons (Fsp3) is 0.250. The number of carbonyl (C=O) groups excluding carboxylic acids is 3. The molecule has 2 aromatic carbocycles. The second-order valence-corrected chi connectivity index (χ2v) is 6.39. The summed E-state index contributed by atoms with van der Waals surface area (Å²) >= 11 is 0. The van der Waals surface area contributed by atoms with Gasteiger partial charge < -0.3 is 9.47 Å². The van der Waals surface area contributed by atoms with Crippen LogP contribution in [-0.2, 0) is 19.1 Å². The van der Waals surface area contributed by atoms with E-state index in [-0.39, 0.29) is 5.69 Å². The van der Waals surface area contributed by atoms with Gasteiger partial charge in [-0.3, -0.25) is 24.5 Å².